The van der Waals surface area contributed by atoms with Gasteiger partial charge in [-0.05, 0) is 55.9 Å². The van der Waals surface area contributed by atoms with Gasteiger partial charge in [0.25, 0.3) is 5.56 Å². The van der Waals surface area contributed by atoms with Gasteiger partial charge in [0.05, 0.1) is 18.9 Å². The lowest BCUT2D eigenvalue weighted by Gasteiger charge is -2.27. The van der Waals surface area contributed by atoms with Gasteiger partial charge in [-0.1, -0.05) is 0 Å². The van der Waals surface area contributed by atoms with Crippen LogP contribution in [0.15, 0.2) is 23.0 Å². The highest BCUT2D eigenvalue weighted by Crippen LogP contribution is 2.39. The zero-order chi connectivity index (χ0) is 19.0. The van der Waals surface area contributed by atoms with E-state index >= 15 is 0 Å². The molecular weight excluding hydrogens is 344 g/mol. The number of nitrogens with zero attached hydrogens (tertiary/aromatic N) is 1. The number of phenolic OH excluding ortho intramolecular Hbond substituents is 1. The minimum atomic E-state index is -0.0244. The first-order valence-corrected chi connectivity index (χ1v) is 9.58. The molecule has 2 N–H and O–H groups in total. The monoisotopic (exact) mass is 370 g/mol. The minimum absolute atomic E-state index is 0.0244. The Morgan fingerprint density at radius 3 is 2.93 bits per heavy atom. The van der Waals surface area contributed by atoms with Gasteiger partial charge in [0, 0.05) is 37.0 Å². The average molecular weight is 370 g/mol. The summed E-state index contributed by atoms with van der Waals surface area (Å²) in [5, 5.41) is 13.7. The second-order valence-corrected chi connectivity index (χ2v) is 7.32. The van der Waals surface area contributed by atoms with Gasteiger partial charge in [0.1, 0.15) is 0 Å². The fraction of sp³-hybridized carbons (Fsp3) is 0.476. The number of anilines is 1. The van der Waals surface area contributed by atoms with Gasteiger partial charge in [-0.3, -0.25) is 4.79 Å². The summed E-state index contributed by atoms with van der Waals surface area (Å²) < 4.78 is 12.8. The van der Waals surface area contributed by atoms with Crippen molar-refractivity contribution in [2.24, 2.45) is 0 Å². The molecule has 1 aromatic carbocycles. The summed E-state index contributed by atoms with van der Waals surface area (Å²) in [5.41, 5.74) is 4.67. The molecule has 1 fully saturated rings. The van der Waals surface area contributed by atoms with Crippen LogP contribution in [-0.4, -0.2) is 36.0 Å². The molecule has 1 saturated heterocycles. The van der Waals surface area contributed by atoms with E-state index in [1.54, 1.807) is 23.8 Å². The topological polar surface area (TPSA) is 72.7 Å². The molecule has 2 aromatic rings. The number of ether oxygens (including phenoxy) is 2. The summed E-state index contributed by atoms with van der Waals surface area (Å²) >= 11 is 0. The van der Waals surface area contributed by atoms with Crippen LogP contribution in [0.2, 0.25) is 0 Å². The Bertz CT molecular complexity index is 913. The van der Waals surface area contributed by atoms with Crippen molar-refractivity contribution in [1.82, 2.24) is 4.57 Å². The summed E-state index contributed by atoms with van der Waals surface area (Å²) in [5.74, 6) is 0.552. The van der Waals surface area contributed by atoms with Crippen molar-refractivity contribution >= 4 is 5.69 Å². The molecule has 0 bridgehead atoms. The van der Waals surface area contributed by atoms with Gasteiger partial charge in [-0.2, -0.15) is 0 Å². The molecular formula is C21H26N2O4. The van der Waals surface area contributed by atoms with Crippen molar-refractivity contribution in [3.63, 3.8) is 0 Å². The SMILES string of the molecule is COc1cc2c(cc1O)-c1c(C)c(NCC3CCCCO3)cc(=O)n1CC2. The van der Waals surface area contributed by atoms with Gasteiger partial charge >= 0.3 is 0 Å². The molecule has 3 heterocycles. The zero-order valence-corrected chi connectivity index (χ0v) is 15.9. The zero-order valence-electron chi connectivity index (χ0n) is 15.9. The maximum absolute atomic E-state index is 12.7. The lowest BCUT2D eigenvalue weighted by atomic mass is 9.93. The molecule has 2 aliphatic rings. The predicted molar refractivity (Wildman–Crippen MR) is 105 cm³/mol. The van der Waals surface area contributed by atoms with Crippen LogP contribution in [-0.2, 0) is 17.7 Å². The Morgan fingerprint density at radius 2 is 2.19 bits per heavy atom. The average Bonchev–Trinajstić information content (AvgIpc) is 2.69. The first-order chi connectivity index (χ1) is 13.1. The van der Waals surface area contributed by atoms with Gasteiger partial charge in [0.15, 0.2) is 11.5 Å². The van der Waals surface area contributed by atoms with Crippen LogP contribution >= 0.6 is 0 Å². The Balaban J connectivity index is 1.72. The van der Waals surface area contributed by atoms with Crippen molar-refractivity contribution in [2.75, 3.05) is 25.6 Å². The number of rotatable bonds is 4. The van der Waals surface area contributed by atoms with Gasteiger partial charge in [0.2, 0.25) is 0 Å². The molecule has 0 radical (unpaired) electrons. The second kappa shape index (κ2) is 7.27. The fourth-order valence-electron chi connectivity index (χ4n) is 4.13. The molecule has 0 amide bonds. The number of benzene rings is 1. The molecule has 0 aliphatic carbocycles. The van der Waals surface area contributed by atoms with E-state index in [-0.39, 0.29) is 17.4 Å². The predicted octanol–water partition coefficient (Wildman–Crippen LogP) is 3.08. The second-order valence-electron chi connectivity index (χ2n) is 7.32. The normalized spacial score (nSPS) is 18.5. The minimum Gasteiger partial charge on any atom is -0.504 e. The van der Waals surface area contributed by atoms with Gasteiger partial charge < -0.3 is 24.5 Å². The summed E-state index contributed by atoms with van der Waals surface area (Å²) in [4.78, 5) is 12.7. The van der Waals surface area contributed by atoms with Crippen LogP contribution in [0.4, 0.5) is 5.69 Å². The van der Waals surface area contributed by atoms with Crippen molar-refractivity contribution < 1.29 is 14.6 Å². The third kappa shape index (κ3) is 3.30. The highest BCUT2D eigenvalue weighted by molar-refractivity contribution is 5.76. The van der Waals surface area contributed by atoms with Crippen molar-refractivity contribution in [1.29, 1.82) is 0 Å². The smallest absolute Gasteiger partial charge is 0.253 e. The number of aromatic nitrogens is 1. The molecule has 1 unspecified atom stereocenters. The van der Waals surface area contributed by atoms with Gasteiger partial charge in [-0.15, -0.1) is 0 Å². The molecule has 4 rings (SSSR count). The standard InChI is InChI=1S/C21H26N2O4/c1-13-17(22-12-15-5-3-4-8-27-15)11-20(25)23-7-6-14-9-19(26-2)18(24)10-16(14)21(13)23/h9-11,15,22,24H,3-8,12H2,1-2H3. The number of fused-ring (bicyclic) bond motifs is 3. The first kappa shape index (κ1) is 17.9. The number of methoxy groups -OCH3 is 1. The molecule has 27 heavy (non-hydrogen) atoms. The Morgan fingerprint density at radius 1 is 1.33 bits per heavy atom. The van der Waals surface area contributed by atoms with Crippen molar-refractivity contribution in [2.45, 2.75) is 45.3 Å². The maximum atomic E-state index is 12.7. The number of phenols is 1. The van der Waals surface area contributed by atoms with Crippen LogP contribution in [0, 0.1) is 6.92 Å². The van der Waals surface area contributed by atoms with Gasteiger partial charge in [-0.25, -0.2) is 0 Å². The van der Waals surface area contributed by atoms with E-state index in [0.29, 0.717) is 18.8 Å². The Hall–Kier alpha value is -2.47. The van der Waals surface area contributed by atoms with E-state index in [4.69, 9.17) is 9.47 Å². The summed E-state index contributed by atoms with van der Waals surface area (Å²) in [6, 6.07) is 5.25. The number of hydrogen-bond acceptors (Lipinski definition) is 5. The lowest BCUT2D eigenvalue weighted by Crippen LogP contribution is -2.30. The molecule has 1 aromatic heterocycles. The number of pyridine rings is 1. The van der Waals surface area contributed by atoms with Crippen LogP contribution in [0.5, 0.6) is 11.5 Å². The van der Waals surface area contributed by atoms with Crippen molar-refractivity contribution in [3.8, 4) is 22.8 Å². The first-order valence-electron chi connectivity index (χ1n) is 9.58. The number of aromatic hydroxyl groups is 1. The van der Waals surface area contributed by atoms with Crippen LogP contribution in [0.25, 0.3) is 11.3 Å². The van der Waals surface area contributed by atoms with Crippen molar-refractivity contribution in [3.05, 3.63) is 39.7 Å². The highest BCUT2D eigenvalue weighted by Gasteiger charge is 2.23. The Labute approximate surface area is 158 Å². The van der Waals surface area contributed by atoms with E-state index in [9.17, 15) is 9.90 Å². The molecule has 0 saturated carbocycles. The third-order valence-corrected chi connectivity index (χ3v) is 5.62. The van der Waals surface area contributed by atoms with E-state index in [1.807, 2.05) is 13.0 Å². The molecule has 1 atom stereocenters. The van der Waals surface area contributed by atoms with E-state index in [2.05, 4.69) is 5.32 Å². The van der Waals surface area contributed by atoms with Crippen LogP contribution in [0.1, 0.15) is 30.4 Å². The molecule has 2 aliphatic heterocycles. The molecule has 144 valence electrons. The van der Waals surface area contributed by atoms with E-state index in [0.717, 1.165) is 53.9 Å². The highest BCUT2D eigenvalue weighted by atomic mass is 16.5. The quantitative estimate of drug-likeness (QED) is 0.865. The summed E-state index contributed by atoms with van der Waals surface area (Å²) in [7, 11) is 1.54. The third-order valence-electron chi connectivity index (χ3n) is 5.62. The number of hydrogen-bond donors (Lipinski definition) is 2. The maximum Gasteiger partial charge on any atom is 0.253 e. The summed E-state index contributed by atoms with van der Waals surface area (Å²) in [6.07, 6.45) is 4.29. The lowest BCUT2D eigenvalue weighted by molar-refractivity contribution is 0.0247. The molecule has 6 nitrogen and oxygen atoms in total. The molecule has 6 heteroatoms. The fourth-order valence-corrected chi connectivity index (χ4v) is 4.13. The number of aryl methyl sites for hydroxylation is 1. The van der Waals surface area contributed by atoms with E-state index in [1.165, 1.54) is 6.42 Å². The van der Waals surface area contributed by atoms with Crippen LogP contribution < -0.4 is 15.6 Å². The molecule has 0 spiro atoms. The van der Waals surface area contributed by atoms with Crippen LogP contribution in [0.3, 0.4) is 0 Å². The number of nitrogens with one attached hydrogen (secondary N) is 1. The van der Waals surface area contributed by atoms with E-state index < -0.39 is 0 Å². The summed E-state index contributed by atoms with van der Waals surface area (Å²) in [6.45, 7) is 4.16. The Kier molecular flexibility index (Phi) is 4.83. The largest absolute Gasteiger partial charge is 0.504 e.